The number of piperidine rings is 1. The molecule has 1 aliphatic heterocycles. The number of methoxy groups -OCH3 is 1. The first-order chi connectivity index (χ1) is 17.4. The largest absolute Gasteiger partial charge is 0.445 e. The molecule has 1 heterocycles. The first kappa shape index (κ1) is 28.3. The Balaban J connectivity index is 1.68. The highest BCUT2D eigenvalue weighted by Gasteiger charge is 2.68. The Morgan fingerprint density at radius 1 is 1.14 bits per heavy atom. The Morgan fingerprint density at radius 2 is 1.78 bits per heavy atom. The molecule has 4 rings (SSSR count). The van der Waals surface area contributed by atoms with E-state index in [9.17, 15) is 14.4 Å². The minimum atomic E-state index is -0.689. The quantitative estimate of drug-likeness (QED) is 0.519. The molecule has 1 N–H and O–H groups in total. The van der Waals surface area contributed by atoms with Crippen LogP contribution in [0.3, 0.4) is 0 Å². The monoisotopic (exact) mass is 516 g/mol. The van der Waals surface area contributed by atoms with Crippen LogP contribution in [-0.2, 0) is 19.1 Å². The number of likely N-dealkylation sites (tertiary alicyclic amines) is 1. The van der Waals surface area contributed by atoms with Crippen molar-refractivity contribution in [3.8, 4) is 0 Å². The van der Waals surface area contributed by atoms with Gasteiger partial charge in [-0.3, -0.25) is 14.9 Å². The molecule has 7 nitrogen and oxygen atoms in total. The number of ether oxygens (including phenoxy) is 2. The lowest BCUT2D eigenvalue weighted by atomic mass is 9.43. The van der Waals surface area contributed by atoms with E-state index in [0.717, 1.165) is 51.6 Å². The van der Waals surface area contributed by atoms with Crippen molar-refractivity contribution < 1.29 is 23.9 Å². The molecule has 0 aromatic heterocycles. The van der Waals surface area contributed by atoms with Crippen LogP contribution in [0.1, 0.15) is 79.1 Å². The smallest absolute Gasteiger partial charge is 0.414 e. The lowest BCUT2D eigenvalue weighted by Gasteiger charge is -2.61. The van der Waals surface area contributed by atoms with Crippen LogP contribution in [0.5, 0.6) is 0 Å². The molecule has 3 aliphatic carbocycles. The highest BCUT2D eigenvalue weighted by atomic mass is 16.6. The summed E-state index contributed by atoms with van der Waals surface area (Å²) in [4.78, 5) is 42.6. The van der Waals surface area contributed by atoms with Gasteiger partial charge in [0.05, 0.1) is 6.10 Å². The van der Waals surface area contributed by atoms with Crippen molar-refractivity contribution in [1.82, 2.24) is 10.2 Å². The van der Waals surface area contributed by atoms with Gasteiger partial charge in [-0.2, -0.15) is 0 Å². The number of hydrogen-bond donors (Lipinski definition) is 1. The van der Waals surface area contributed by atoms with E-state index in [-0.39, 0.29) is 52.3 Å². The van der Waals surface area contributed by atoms with Gasteiger partial charge in [0.15, 0.2) is 0 Å². The number of hydrogen-bond acceptors (Lipinski definition) is 6. The maximum absolute atomic E-state index is 14.2. The zero-order valence-corrected chi connectivity index (χ0v) is 23.8. The van der Waals surface area contributed by atoms with E-state index in [1.807, 2.05) is 20.0 Å². The minimum absolute atomic E-state index is 0.0155. The summed E-state index contributed by atoms with van der Waals surface area (Å²) in [7, 11) is 3.81. The zero-order chi connectivity index (χ0) is 27.2. The molecule has 7 heteroatoms. The Bertz CT molecular complexity index is 914. The summed E-state index contributed by atoms with van der Waals surface area (Å²) in [5.74, 6) is 0.0753. The summed E-state index contributed by atoms with van der Waals surface area (Å²) < 4.78 is 12.3. The molecule has 2 amide bonds. The van der Waals surface area contributed by atoms with E-state index in [4.69, 9.17) is 9.47 Å². The predicted octanol–water partition coefficient (Wildman–Crippen LogP) is 4.99. The Morgan fingerprint density at radius 3 is 2.41 bits per heavy atom. The van der Waals surface area contributed by atoms with E-state index in [1.54, 1.807) is 7.11 Å². The molecule has 37 heavy (non-hydrogen) atoms. The number of nitrogens with one attached hydrogen (secondary N) is 1. The number of nitrogens with zero attached hydrogens (tertiary/aromatic N) is 1. The third-order valence-electron chi connectivity index (χ3n) is 11.3. The lowest BCUT2D eigenvalue weighted by Crippen LogP contribution is -2.63. The highest BCUT2D eigenvalue weighted by Crippen LogP contribution is 2.68. The van der Waals surface area contributed by atoms with Crippen LogP contribution in [0.15, 0.2) is 12.7 Å². The molecule has 0 spiro atoms. The number of alkyl carbamates (subject to hydrolysis) is 1. The van der Waals surface area contributed by atoms with E-state index in [2.05, 4.69) is 37.6 Å². The van der Waals surface area contributed by atoms with Gasteiger partial charge in [0.1, 0.15) is 11.9 Å². The van der Waals surface area contributed by atoms with Crippen molar-refractivity contribution in [2.24, 2.45) is 39.9 Å². The average molecular weight is 517 g/mol. The van der Waals surface area contributed by atoms with E-state index >= 15 is 0 Å². The fourth-order valence-corrected chi connectivity index (χ4v) is 8.80. The average Bonchev–Trinajstić information content (AvgIpc) is 3.26. The van der Waals surface area contributed by atoms with E-state index < -0.39 is 17.6 Å². The second kappa shape index (κ2) is 10.4. The van der Waals surface area contributed by atoms with Crippen LogP contribution >= 0.6 is 0 Å². The maximum atomic E-state index is 14.2. The summed E-state index contributed by atoms with van der Waals surface area (Å²) in [6.07, 6.45) is 6.87. The minimum Gasteiger partial charge on any atom is -0.445 e. The van der Waals surface area contributed by atoms with Crippen molar-refractivity contribution >= 4 is 17.8 Å². The van der Waals surface area contributed by atoms with Crippen LogP contribution in [0.2, 0.25) is 0 Å². The molecular weight excluding hydrogens is 468 g/mol. The number of ketones is 1. The molecule has 2 unspecified atom stereocenters. The molecule has 8 atom stereocenters. The van der Waals surface area contributed by atoms with Crippen LogP contribution in [-0.4, -0.2) is 62.1 Å². The molecule has 208 valence electrons. The van der Waals surface area contributed by atoms with Gasteiger partial charge in [-0.1, -0.05) is 33.8 Å². The topological polar surface area (TPSA) is 84.9 Å². The van der Waals surface area contributed by atoms with E-state index in [0.29, 0.717) is 12.8 Å². The standard InChI is InChI=1S/C30H48N2O5/c1-8-13-28(4)18-23(37-27(35)31-26(34)21-11-16-32(6)17-12-21)29(5)19(2)9-14-30(20(3)25(28)33)15-10-22(36-7)24(29)30/h8,19-24H,1,9-18H2,2-7H3,(H,31,34,35)/t19-,20+,22+,23-,24?,28-,29+,30?/m1/s1. The molecule has 0 aromatic rings. The van der Waals surface area contributed by atoms with Gasteiger partial charge in [-0.25, -0.2) is 4.79 Å². The van der Waals surface area contributed by atoms with Gasteiger partial charge in [0.2, 0.25) is 5.91 Å². The third kappa shape index (κ3) is 4.69. The summed E-state index contributed by atoms with van der Waals surface area (Å²) in [6, 6.07) is 0. The predicted molar refractivity (Wildman–Crippen MR) is 143 cm³/mol. The SMILES string of the molecule is C=CC[C@]1(C)C[C@@H](OC(=O)NC(=O)C2CCN(C)CC2)[C@@]2(C)C3[C@@H](OC)CCC3(CC[C@H]2C)[C@@H](C)C1=O. The van der Waals surface area contributed by atoms with Crippen LogP contribution in [0, 0.1) is 39.9 Å². The first-order valence-electron chi connectivity index (χ1n) is 14.3. The van der Waals surface area contributed by atoms with Crippen molar-refractivity contribution in [3.05, 3.63) is 12.7 Å². The Kier molecular flexibility index (Phi) is 7.98. The number of imide groups is 1. The third-order valence-corrected chi connectivity index (χ3v) is 11.3. The summed E-state index contributed by atoms with van der Waals surface area (Å²) >= 11 is 0. The summed E-state index contributed by atoms with van der Waals surface area (Å²) in [5, 5.41) is 2.56. The molecule has 0 aromatic carbocycles. The van der Waals surface area contributed by atoms with Gasteiger partial charge < -0.3 is 14.4 Å². The Labute approximate surface area is 223 Å². The summed E-state index contributed by atoms with van der Waals surface area (Å²) in [5.41, 5.74) is -1.25. The van der Waals surface area contributed by atoms with Crippen LogP contribution in [0.4, 0.5) is 4.79 Å². The van der Waals surface area contributed by atoms with Gasteiger partial charge in [0.25, 0.3) is 0 Å². The number of carbonyl (C=O) groups excluding carboxylic acids is 3. The molecule has 0 radical (unpaired) electrons. The van der Waals surface area contributed by atoms with E-state index in [1.165, 1.54) is 0 Å². The second-order valence-electron chi connectivity index (χ2n) is 13.1. The molecule has 1 saturated heterocycles. The molecule has 4 aliphatic rings. The highest BCUT2D eigenvalue weighted by molar-refractivity contribution is 5.93. The van der Waals surface area contributed by atoms with Crippen LogP contribution in [0.25, 0.3) is 0 Å². The number of amides is 2. The number of allylic oxidation sites excluding steroid dienone is 1. The second-order valence-corrected chi connectivity index (χ2v) is 13.1. The van der Waals surface area contributed by atoms with Crippen molar-refractivity contribution in [3.63, 3.8) is 0 Å². The van der Waals surface area contributed by atoms with Crippen molar-refractivity contribution in [2.75, 3.05) is 27.2 Å². The van der Waals surface area contributed by atoms with Gasteiger partial charge >= 0.3 is 6.09 Å². The molecular formula is C30H48N2O5. The van der Waals surface area contributed by atoms with Gasteiger partial charge in [0, 0.05) is 35.7 Å². The lowest BCUT2D eigenvalue weighted by molar-refractivity contribution is -0.191. The molecule has 3 saturated carbocycles. The Hall–Kier alpha value is -1.73. The van der Waals surface area contributed by atoms with Crippen molar-refractivity contribution in [1.29, 1.82) is 0 Å². The fourth-order valence-electron chi connectivity index (χ4n) is 8.80. The number of carbonyl (C=O) groups is 3. The van der Waals surface area contributed by atoms with Gasteiger partial charge in [-0.05, 0) is 82.8 Å². The van der Waals surface area contributed by atoms with Crippen LogP contribution < -0.4 is 5.32 Å². The van der Waals surface area contributed by atoms with Crippen molar-refractivity contribution in [2.45, 2.75) is 91.3 Å². The normalized spacial score (nSPS) is 42.9. The molecule has 4 fully saturated rings. The molecule has 2 bridgehead atoms. The number of rotatable bonds is 5. The maximum Gasteiger partial charge on any atom is 0.414 e. The fraction of sp³-hybridized carbons (Fsp3) is 0.833. The van der Waals surface area contributed by atoms with Gasteiger partial charge in [-0.15, -0.1) is 6.58 Å². The number of Topliss-reactive ketones (excluding diaryl/α,β-unsaturated/α-hetero) is 1. The zero-order valence-electron chi connectivity index (χ0n) is 23.8. The first-order valence-corrected chi connectivity index (χ1v) is 14.3. The summed E-state index contributed by atoms with van der Waals surface area (Å²) in [6.45, 7) is 14.3.